The molecule has 19 heavy (non-hydrogen) atoms. The van der Waals surface area contributed by atoms with Gasteiger partial charge in [-0.05, 0) is 31.2 Å². The summed E-state index contributed by atoms with van der Waals surface area (Å²) in [6, 6.07) is 5.78. The molecule has 1 aromatic carbocycles. The van der Waals surface area contributed by atoms with Gasteiger partial charge in [0.05, 0.1) is 12.8 Å². The van der Waals surface area contributed by atoms with E-state index in [4.69, 9.17) is 4.74 Å². The lowest BCUT2D eigenvalue weighted by Crippen LogP contribution is -2.13. The van der Waals surface area contributed by atoms with Crippen LogP contribution in [0.2, 0.25) is 0 Å². The fraction of sp³-hybridized carbons (Fsp3) is 0.571. The summed E-state index contributed by atoms with van der Waals surface area (Å²) >= 11 is 0. The van der Waals surface area contributed by atoms with Crippen molar-refractivity contribution in [1.29, 1.82) is 0 Å². The zero-order chi connectivity index (χ0) is 14.3. The molecule has 0 aliphatic rings. The maximum Gasteiger partial charge on any atom is 0.142 e. The minimum atomic E-state index is -1.73. The van der Waals surface area contributed by atoms with Gasteiger partial charge in [-0.25, -0.2) is 0 Å². The molecule has 0 saturated heterocycles. The molecule has 0 aliphatic carbocycles. The van der Waals surface area contributed by atoms with Gasteiger partial charge in [0, 0.05) is 24.6 Å². The minimum absolute atomic E-state index is 0.569. The van der Waals surface area contributed by atoms with E-state index in [9.17, 15) is 4.57 Å². The van der Waals surface area contributed by atoms with Crippen molar-refractivity contribution >= 4 is 18.8 Å². The maximum atomic E-state index is 12.1. The Morgan fingerprint density at radius 3 is 2.68 bits per heavy atom. The second kappa shape index (κ2) is 8.23. The van der Waals surface area contributed by atoms with Gasteiger partial charge in [-0.1, -0.05) is 13.8 Å². The number of anilines is 1. The fourth-order valence-electron chi connectivity index (χ4n) is 1.71. The number of methoxy groups -OCH3 is 1. The largest absolute Gasteiger partial charge is 0.495 e. The fourth-order valence-corrected chi connectivity index (χ4v) is 3.03. The van der Waals surface area contributed by atoms with Crippen LogP contribution in [0.25, 0.3) is 0 Å². The number of nitrogens with one attached hydrogen (secondary N) is 2. The van der Waals surface area contributed by atoms with Crippen LogP contribution in [-0.2, 0) is 4.57 Å². The molecule has 1 rings (SSSR count). The molecular weight excluding hydrogens is 259 g/mol. The zero-order valence-corrected chi connectivity index (χ0v) is 13.2. The molecule has 0 amide bonds. The van der Waals surface area contributed by atoms with Crippen molar-refractivity contribution in [3.8, 4) is 5.75 Å². The second-order valence-electron chi connectivity index (χ2n) is 4.97. The molecule has 0 saturated carbocycles. The number of benzene rings is 1. The van der Waals surface area contributed by atoms with Crippen LogP contribution in [0.5, 0.6) is 5.75 Å². The smallest absolute Gasteiger partial charge is 0.142 e. The first-order valence-corrected chi connectivity index (χ1v) is 8.29. The Balaban J connectivity index is 2.80. The Hall–Kier alpha value is -0.990. The van der Waals surface area contributed by atoms with Crippen molar-refractivity contribution in [2.45, 2.75) is 13.8 Å². The van der Waals surface area contributed by atoms with Gasteiger partial charge < -0.3 is 19.9 Å². The van der Waals surface area contributed by atoms with E-state index in [1.807, 2.05) is 25.2 Å². The van der Waals surface area contributed by atoms with E-state index in [0.29, 0.717) is 12.1 Å². The summed E-state index contributed by atoms with van der Waals surface area (Å²) in [5.74, 6) is 1.33. The summed E-state index contributed by atoms with van der Waals surface area (Å²) in [7, 11) is 1.78. The van der Waals surface area contributed by atoms with E-state index in [1.54, 1.807) is 7.11 Å². The van der Waals surface area contributed by atoms with Crippen LogP contribution >= 0.6 is 7.80 Å². The summed E-state index contributed by atoms with van der Waals surface area (Å²) < 4.78 is 17.5. The molecule has 5 heteroatoms. The standard InChI is InChI=1S/C14H25N2O2P/c1-11(2)10-16-13-6-5-12(9-14(13)18-4)19(17)8-7-15-3/h5-6,9,11,15-16,19H,7-8,10H2,1-4H3. The molecule has 108 valence electrons. The first-order valence-electron chi connectivity index (χ1n) is 6.68. The average Bonchev–Trinajstić information content (AvgIpc) is 2.42. The molecule has 0 bridgehead atoms. The Morgan fingerprint density at radius 1 is 1.37 bits per heavy atom. The van der Waals surface area contributed by atoms with Crippen LogP contribution in [0.4, 0.5) is 5.69 Å². The molecule has 0 spiro atoms. The molecule has 0 fully saturated rings. The number of ether oxygens (including phenoxy) is 1. The van der Waals surface area contributed by atoms with Crippen LogP contribution in [0.1, 0.15) is 13.8 Å². The molecule has 0 heterocycles. The first kappa shape index (κ1) is 16.1. The molecule has 0 aromatic heterocycles. The van der Waals surface area contributed by atoms with Crippen molar-refractivity contribution in [1.82, 2.24) is 5.32 Å². The molecule has 1 unspecified atom stereocenters. The van der Waals surface area contributed by atoms with Crippen LogP contribution in [0, 0.1) is 5.92 Å². The molecule has 1 atom stereocenters. The average molecular weight is 284 g/mol. The Morgan fingerprint density at radius 2 is 2.11 bits per heavy atom. The zero-order valence-electron chi connectivity index (χ0n) is 12.2. The Kier molecular flexibility index (Phi) is 6.96. The molecule has 4 nitrogen and oxygen atoms in total. The predicted octanol–water partition coefficient (Wildman–Crippen LogP) is 2.17. The van der Waals surface area contributed by atoms with Gasteiger partial charge in [-0.15, -0.1) is 0 Å². The Labute approximate surface area is 116 Å². The minimum Gasteiger partial charge on any atom is -0.495 e. The van der Waals surface area contributed by atoms with E-state index in [-0.39, 0.29) is 0 Å². The number of hydrogen-bond acceptors (Lipinski definition) is 4. The lowest BCUT2D eigenvalue weighted by Gasteiger charge is -2.14. The summed E-state index contributed by atoms with van der Waals surface area (Å²) in [5, 5.41) is 7.25. The van der Waals surface area contributed by atoms with E-state index in [1.165, 1.54) is 0 Å². The SMILES string of the molecule is CNCC[PH](=O)c1ccc(NCC(C)C)c(OC)c1. The highest BCUT2D eigenvalue weighted by atomic mass is 31.1. The third-order valence-corrected chi connectivity index (χ3v) is 4.49. The second-order valence-corrected chi connectivity index (χ2v) is 6.89. The van der Waals surface area contributed by atoms with Crippen LogP contribution in [-0.4, -0.2) is 33.4 Å². The van der Waals surface area contributed by atoms with Gasteiger partial charge in [-0.2, -0.15) is 0 Å². The first-order chi connectivity index (χ1) is 9.08. The van der Waals surface area contributed by atoms with Crippen molar-refractivity contribution in [3.05, 3.63) is 18.2 Å². The summed E-state index contributed by atoms with van der Waals surface area (Å²) in [5.41, 5.74) is 0.961. The van der Waals surface area contributed by atoms with Crippen LogP contribution in [0.15, 0.2) is 18.2 Å². The highest BCUT2D eigenvalue weighted by Gasteiger charge is 2.09. The summed E-state index contributed by atoms with van der Waals surface area (Å²) in [4.78, 5) is 0. The van der Waals surface area contributed by atoms with E-state index >= 15 is 0 Å². The topological polar surface area (TPSA) is 50.4 Å². The highest BCUT2D eigenvalue weighted by Crippen LogP contribution is 2.28. The Bertz CT molecular complexity index is 422. The van der Waals surface area contributed by atoms with Gasteiger partial charge in [0.15, 0.2) is 0 Å². The van der Waals surface area contributed by atoms with Crippen LogP contribution < -0.4 is 20.7 Å². The summed E-state index contributed by atoms with van der Waals surface area (Å²) in [6.07, 6.45) is 0.684. The van der Waals surface area contributed by atoms with E-state index in [0.717, 1.165) is 29.8 Å². The third-order valence-electron chi connectivity index (χ3n) is 2.83. The molecule has 1 aromatic rings. The van der Waals surface area contributed by atoms with E-state index < -0.39 is 7.80 Å². The molecule has 2 N–H and O–H groups in total. The number of hydrogen-bond donors (Lipinski definition) is 2. The maximum absolute atomic E-state index is 12.1. The van der Waals surface area contributed by atoms with Crippen molar-refractivity contribution < 1.29 is 9.30 Å². The van der Waals surface area contributed by atoms with Gasteiger partial charge in [0.2, 0.25) is 0 Å². The van der Waals surface area contributed by atoms with Gasteiger partial charge in [-0.3, -0.25) is 0 Å². The van der Waals surface area contributed by atoms with Gasteiger partial charge >= 0.3 is 0 Å². The number of rotatable bonds is 8. The quantitative estimate of drug-likeness (QED) is 0.718. The van der Waals surface area contributed by atoms with E-state index in [2.05, 4.69) is 24.5 Å². The van der Waals surface area contributed by atoms with Crippen molar-refractivity contribution in [2.75, 3.05) is 38.7 Å². The molecule has 0 radical (unpaired) electrons. The highest BCUT2D eigenvalue weighted by molar-refractivity contribution is 7.53. The van der Waals surface area contributed by atoms with Crippen LogP contribution in [0.3, 0.4) is 0 Å². The molecular formula is C14H25N2O2P. The molecule has 0 aliphatic heterocycles. The lowest BCUT2D eigenvalue weighted by atomic mass is 10.2. The summed E-state index contributed by atoms with van der Waals surface area (Å²) in [6.45, 7) is 5.98. The third kappa shape index (κ3) is 5.25. The lowest BCUT2D eigenvalue weighted by molar-refractivity contribution is 0.416. The van der Waals surface area contributed by atoms with Crippen molar-refractivity contribution in [3.63, 3.8) is 0 Å². The van der Waals surface area contributed by atoms with Crippen molar-refractivity contribution in [2.24, 2.45) is 5.92 Å². The van der Waals surface area contributed by atoms with Gasteiger partial charge in [0.25, 0.3) is 0 Å². The normalized spacial score (nSPS) is 12.5. The predicted molar refractivity (Wildman–Crippen MR) is 83.8 cm³/mol. The van der Waals surface area contributed by atoms with Gasteiger partial charge in [0.1, 0.15) is 13.6 Å². The monoisotopic (exact) mass is 284 g/mol.